The topological polar surface area (TPSA) is 58.0 Å². The minimum absolute atomic E-state index is 0.0109. The highest BCUT2D eigenvalue weighted by molar-refractivity contribution is 9.10. The van der Waals surface area contributed by atoms with Gasteiger partial charge in [-0.1, -0.05) is 27.7 Å². The van der Waals surface area contributed by atoms with Crippen molar-refractivity contribution in [2.45, 2.75) is 39.7 Å². The zero-order chi connectivity index (χ0) is 13.0. The van der Waals surface area contributed by atoms with Gasteiger partial charge >= 0.3 is 0 Å². The number of aliphatic hydroxyl groups is 1. The largest absolute Gasteiger partial charge is 0.394 e. The van der Waals surface area contributed by atoms with Gasteiger partial charge in [-0.15, -0.1) is 0 Å². The third kappa shape index (κ3) is 4.24. The van der Waals surface area contributed by atoms with Crippen LogP contribution >= 0.6 is 15.9 Å². The van der Waals surface area contributed by atoms with Crippen molar-refractivity contribution >= 4 is 21.7 Å². The van der Waals surface area contributed by atoms with Crippen LogP contribution in [0, 0.1) is 5.92 Å². The van der Waals surface area contributed by atoms with Crippen LogP contribution in [0.1, 0.15) is 39.4 Å². The maximum Gasteiger partial charge on any atom is 0.134 e. The number of rotatable bonds is 5. The first-order valence-corrected chi connectivity index (χ1v) is 6.65. The van der Waals surface area contributed by atoms with Gasteiger partial charge in [-0.25, -0.2) is 9.97 Å². The van der Waals surface area contributed by atoms with Gasteiger partial charge in [0.2, 0.25) is 0 Å². The summed E-state index contributed by atoms with van der Waals surface area (Å²) in [4.78, 5) is 8.75. The van der Waals surface area contributed by atoms with Gasteiger partial charge in [-0.3, -0.25) is 0 Å². The molecule has 0 aliphatic heterocycles. The number of aliphatic hydroxyl groups excluding tert-OH is 1. The smallest absolute Gasteiger partial charge is 0.134 e. The number of nitrogens with one attached hydrogen (secondary N) is 1. The zero-order valence-electron chi connectivity index (χ0n) is 10.7. The molecule has 0 unspecified atom stereocenters. The Balaban J connectivity index is 2.90. The van der Waals surface area contributed by atoms with Crippen LogP contribution in [0.2, 0.25) is 0 Å². The molecule has 1 heterocycles. The fourth-order valence-corrected chi connectivity index (χ4v) is 1.78. The van der Waals surface area contributed by atoms with Crippen molar-refractivity contribution in [1.82, 2.24) is 9.97 Å². The molecule has 2 N–H and O–H groups in total. The van der Waals surface area contributed by atoms with Crippen molar-refractivity contribution in [3.8, 4) is 0 Å². The molecule has 0 fully saturated rings. The Bertz CT molecular complexity index is 369. The van der Waals surface area contributed by atoms with Crippen molar-refractivity contribution in [3.05, 3.63) is 16.5 Å². The number of anilines is 1. The van der Waals surface area contributed by atoms with Crippen LogP contribution in [0.4, 0.5) is 5.82 Å². The number of halogens is 1. The first kappa shape index (κ1) is 14.4. The predicted octanol–water partition coefficient (Wildman–Crippen LogP) is 2.79. The quantitative estimate of drug-likeness (QED) is 0.821. The lowest BCUT2D eigenvalue weighted by atomic mass is 10.1. The molecule has 1 atom stereocenters. The Kier molecular flexibility index (Phi) is 5.33. The van der Waals surface area contributed by atoms with E-state index in [0.29, 0.717) is 5.92 Å². The first-order valence-electron chi connectivity index (χ1n) is 5.86. The number of aromatic nitrogens is 2. The molecule has 4 nitrogen and oxygen atoms in total. The van der Waals surface area contributed by atoms with Crippen LogP contribution in [-0.4, -0.2) is 27.7 Å². The molecule has 0 saturated carbocycles. The lowest BCUT2D eigenvalue weighted by molar-refractivity contribution is 0.249. The number of hydrogen-bond acceptors (Lipinski definition) is 4. The molecule has 0 amide bonds. The Morgan fingerprint density at radius 1 is 1.29 bits per heavy atom. The highest BCUT2D eigenvalue weighted by Gasteiger charge is 2.14. The van der Waals surface area contributed by atoms with E-state index in [4.69, 9.17) is 0 Å². The summed E-state index contributed by atoms with van der Waals surface area (Å²) < 4.78 is 0.763. The fourth-order valence-electron chi connectivity index (χ4n) is 1.38. The molecule has 0 radical (unpaired) electrons. The minimum Gasteiger partial charge on any atom is -0.394 e. The number of hydrogen-bond donors (Lipinski definition) is 2. The van der Waals surface area contributed by atoms with Crippen LogP contribution in [0.3, 0.4) is 0 Å². The average Bonchev–Trinajstić information content (AvgIpc) is 2.24. The predicted molar refractivity (Wildman–Crippen MR) is 73.2 cm³/mol. The lowest BCUT2D eigenvalue weighted by Crippen LogP contribution is -2.30. The molecule has 96 valence electrons. The van der Waals surface area contributed by atoms with Crippen molar-refractivity contribution in [3.63, 3.8) is 0 Å². The molecule has 0 aliphatic rings. The summed E-state index contributed by atoms with van der Waals surface area (Å²) in [6, 6.07) is 1.84. The van der Waals surface area contributed by atoms with Gasteiger partial charge in [-0.05, 0) is 21.8 Å². The Labute approximate surface area is 111 Å². The second kappa shape index (κ2) is 6.31. The average molecular weight is 302 g/mol. The molecule has 5 heteroatoms. The Morgan fingerprint density at radius 3 is 2.41 bits per heavy atom. The Morgan fingerprint density at radius 2 is 1.94 bits per heavy atom. The summed E-state index contributed by atoms with van der Waals surface area (Å²) in [5, 5.41) is 12.5. The molecule has 0 aromatic carbocycles. The monoisotopic (exact) mass is 301 g/mol. The third-order valence-electron chi connectivity index (χ3n) is 2.56. The molecule has 0 saturated heterocycles. The van der Waals surface area contributed by atoms with Crippen LogP contribution in [0.25, 0.3) is 0 Å². The van der Waals surface area contributed by atoms with Gasteiger partial charge in [0.25, 0.3) is 0 Å². The van der Waals surface area contributed by atoms with E-state index >= 15 is 0 Å². The molecule has 0 aliphatic carbocycles. The highest BCUT2D eigenvalue weighted by atomic mass is 79.9. The van der Waals surface area contributed by atoms with E-state index in [1.54, 1.807) is 0 Å². The number of nitrogens with zero attached hydrogens (tertiary/aromatic N) is 2. The van der Waals surface area contributed by atoms with Gasteiger partial charge in [0.15, 0.2) is 0 Å². The summed E-state index contributed by atoms with van der Waals surface area (Å²) >= 11 is 3.38. The zero-order valence-corrected chi connectivity index (χ0v) is 12.3. The Hall–Kier alpha value is -0.680. The van der Waals surface area contributed by atoms with Crippen molar-refractivity contribution in [1.29, 1.82) is 0 Å². The minimum atomic E-state index is 0.0109. The van der Waals surface area contributed by atoms with E-state index < -0.39 is 0 Å². The van der Waals surface area contributed by atoms with E-state index in [1.807, 2.05) is 6.07 Å². The second-order valence-corrected chi connectivity index (χ2v) is 5.58. The molecule has 1 rings (SSSR count). The van der Waals surface area contributed by atoms with Crippen LogP contribution in [0.5, 0.6) is 0 Å². The molecular weight excluding hydrogens is 282 g/mol. The van der Waals surface area contributed by atoms with Gasteiger partial charge in [0.05, 0.1) is 12.6 Å². The maximum absolute atomic E-state index is 9.29. The normalized spacial score (nSPS) is 13.2. The van der Waals surface area contributed by atoms with Gasteiger partial charge in [-0.2, -0.15) is 0 Å². The van der Waals surface area contributed by atoms with Gasteiger partial charge in [0.1, 0.15) is 16.2 Å². The third-order valence-corrected chi connectivity index (χ3v) is 2.97. The van der Waals surface area contributed by atoms with E-state index in [0.717, 1.165) is 16.2 Å². The fraction of sp³-hybridized carbons (Fsp3) is 0.667. The van der Waals surface area contributed by atoms with Crippen molar-refractivity contribution < 1.29 is 5.11 Å². The van der Waals surface area contributed by atoms with Crippen LogP contribution < -0.4 is 5.32 Å². The molecule has 1 aromatic rings. The van der Waals surface area contributed by atoms with E-state index in [-0.39, 0.29) is 18.6 Å². The van der Waals surface area contributed by atoms with Gasteiger partial charge in [0, 0.05) is 12.0 Å². The summed E-state index contributed by atoms with van der Waals surface area (Å²) in [6.07, 6.45) is 0. The van der Waals surface area contributed by atoms with Crippen LogP contribution in [0.15, 0.2) is 10.7 Å². The maximum atomic E-state index is 9.29. The molecule has 0 bridgehead atoms. The molecule has 17 heavy (non-hydrogen) atoms. The van der Waals surface area contributed by atoms with Crippen molar-refractivity contribution in [2.75, 3.05) is 11.9 Å². The summed E-state index contributed by atoms with van der Waals surface area (Å²) in [5.74, 6) is 2.17. The molecule has 0 spiro atoms. The van der Waals surface area contributed by atoms with E-state index in [9.17, 15) is 5.11 Å². The van der Waals surface area contributed by atoms with E-state index in [1.165, 1.54) is 0 Å². The highest BCUT2D eigenvalue weighted by Crippen LogP contribution is 2.19. The lowest BCUT2D eigenvalue weighted by Gasteiger charge is -2.21. The SMILES string of the molecule is CC(C)c1nc(Br)cc(N[C@H](CO)C(C)C)n1. The first-order chi connectivity index (χ1) is 7.93. The summed E-state index contributed by atoms with van der Waals surface area (Å²) in [7, 11) is 0. The summed E-state index contributed by atoms with van der Waals surface area (Å²) in [6.45, 7) is 8.33. The second-order valence-electron chi connectivity index (χ2n) is 4.77. The molecular formula is C12H20BrN3O. The molecule has 1 aromatic heterocycles. The summed E-state index contributed by atoms with van der Waals surface area (Å²) in [5.41, 5.74) is 0. The van der Waals surface area contributed by atoms with Crippen LogP contribution in [-0.2, 0) is 0 Å². The standard InChI is InChI=1S/C12H20BrN3O/c1-7(2)9(6-17)14-11-5-10(13)15-12(16-11)8(3)4/h5,7-9,17H,6H2,1-4H3,(H,14,15,16)/t9-/m1/s1. The van der Waals surface area contributed by atoms with Gasteiger partial charge < -0.3 is 10.4 Å². The van der Waals surface area contributed by atoms with Crippen molar-refractivity contribution in [2.24, 2.45) is 5.92 Å². The van der Waals surface area contributed by atoms with E-state index in [2.05, 4.69) is 58.9 Å².